The summed E-state index contributed by atoms with van der Waals surface area (Å²) in [4.78, 5) is 7.08. The van der Waals surface area contributed by atoms with Gasteiger partial charge < -0.3 is 9.32 Å². The van der Waals surface area contributed by atoms with Gasteiger partial charge in [-0.05, 0) is 107 Å². The normalized spacial score (nSPS) is 12.9. The van der Waals surface area contributed by atoms with Gasteiger partial charge in [0.15, 0.2) is 5.58 Å². The zero-order valence-electron chi connectivity index (χ0n) is 17.1. The van der Waals surface area contributed by atoms with E-state index in [9.17, 15) is 0 Å². The van der Waals surface area contributed by atoms with Crippen LogP contribution in [0.3, 0.4) is 0 Å². The molecule has 26 heavy (non-hydrogen) atoms. The van der Waals surface area contributed by atoms with Crippen molar-refractivity contribution in [3.63, 3.8) is 0 Å². The lowest BCUT2D eigenvalue weighted by atomic mass is 9.82. The predicted octanol–water partition coefficient (Wildman–Crippen LogP) is 5.45. The van der Waals surface area contributed by atoms with E-state index in [2.05, 4.69) is 53.6 Å². The lowest BCUT2D eigenvalue weighted by Crippen LogP contribution is -2.18. The quantitative estimate of drug-likeness (QED) is 0.612. The third-order valence-electron chi connectivity index (χ3n) is 5.88. The number of oxazole rings is 1. The Labute approximate surface area is 157 Å². The lowest BCUT2D eigenvalue weighted by molar-refractivity contribution is 0.373. The predicted molar refractivity (Wildman–Crippen MR) is 109 cm³/mol. The summed E-state index contributed by atoms with van der Waals surface area (Å²) in [6, 6.07) is 8.04. The van der Waals surface area contributed by atoms with Crippen molar-refractivity contribution in [2.75, 3.05) is 20.6 Å². The zero-order valence-corrected chi connectivity index (χ0v) is 17.1. The van der Waals surface area contributed by atoms with Crippen LogP contribution in [0.4, 0.5) is 0 Å². The van der Waals surface area contributed by atoms with Crippen LogP contribution in [0, 0.1) is 34.6 Å². The van der Waals surface area contributed by atoms with Gasteiger partial charge >= 0.3 is 0 Å². The van der Waals surface area contributed by atoms with Gasteiger partial charge in [0, 0.05) is 0 Å². The zero-order chi connectivity index (χ0) is 19.0. The highest BCUT2D eigenvalue weighted by Gasteiger charge is 2.26. The van der Waals surface area contributed by atoms with E-state index in [1.165, 1.54) is 33.4 Å². The number of benzene rings is 2. The SMILES string of the molecule is Cc1c(C)c(C)c(C(CCN(C)C)c2nc3ccccc3o2)c(C)c1C. The molecular formula is C23H30N2O. The Morgan fingerprint density at radius 3 is 2.04 bits per heavy atom. The Hall–Kier alpha value is -2.13. The Balaban J connectivity index is 2.19. The molecule has 0 saturated heterocycles. The number of aromatic nitrogens is 1. The minimum absolute atomic E-state index is 0.169. The summed E-state index contributed by atoms with van der Waals surface area (Å²) in [5, 5.41) is 0. The largest absolute Gasteiger partial charge is 0.440 e. The summed E-state index contributed by atoms with van der Waals surface area (Å²) in [6.07, 6.45) is 0.990. The Morgan fingerprint density at radius 2 is 1.46 bits per heavy atom. The van der Waals surface area contributed by atoms with Crippen LogP contribution in [0.15, 0.2) is 28.7 Å². The maximum absolute atomic E-state index is 6.21. The van der Waals surface area contributed by atoms with Crippen molar-refractivity contribution in [1.82, 2.24) is 9.88 Å². The number of fused-ring (bicyclic) bond motifs is 1. The van der Waals surface area contributed by atoms with Gasteiger partial charge in [0.1, 0.15) is 5.52 Å². The van der Waals surface area contributed by atoms with Gasteiger partial charge in [-0.1, -0.05) is 12.1 Å². The van der Waals surface area contributed by atoms with Crippen LogP contribution in [0.5, 0.6) is 0 Å². The first kappa shape index (κ1) is 18.7. The van der Waals surface area contributed by atoms with E-state index in [0.717, 1.165) is 30.0 Å². The smallest absolute Gasteiger partial charge is 0.203 e. The highest BCUT2D eigenvalue weighted by Crippen LogP contribution is 2.37. The van der Waals surface area contributed by atoms with E-state index in [1.807, 2.05) is 24.3 Å². The highest BCUT2D eigenvalue weighted by molar-refractivity contribution is 5.72. The van der Waals surface area contributed by atoms with Crippen molar-refractivity contribution in [2.24, 2.45) is 0 Å². The first-order valence-corrected chi connectivity index (χ1v) is 9.38. The molecule has 0 radical (unpaired) electrons. The van der Waals surface area contributed by atoms with E-state index in [1.54, 1.807) is 0 Å². The van der Waals surface area contributed by atoms with Gasteiger partial charge in [-0.2, -0.15) is 0 Å². The van der Waals surface area contributed by atoms with Crippen LogP contribution in [-0.2, 0) is 0 Å². The third-order valence-corrected chi connectivity index (χ3v) is 5.88. The van der Waals surface area contributed by atoms with Gasteiger partial charge in [0.2, 0.25) is 5.89 Å². The minimum Gasteiger partial charge on any atom is -0.440 e. The van der Waals surface area contributed by atoms with Crippen LogP contribution >= 0.6 is 0 Å². The van der Waals surface area contributed by atoms with E-state index in [0.29, 0.717) is 0 Å². The van der Waals surface area contributed by atoms with E-state index in [-0.39, 0.29) is 5.92 Å². The standard InChI is InChI=1S/C23H30N2O/c1-14-15(2)17(4)22(18(5)16(14)3)19(12-13-25(6)7)23-24-20-10-8-9-11-21(20)26-23/h8-11,19H,12-13H2,1-7H3. The molecular weight excluding hydrogens is 320 g/mol. The first-order chi connectivity index (χ1) is 12.3. The van der Waals surface area contributed by atoms with Crippen LogP contribution < -0.4 is 0 Å². The molecule has 0 fully saturated rings. The molecule has 2 aromatic carbocycles. The molecule has 3 nitrogen and oxygen atoms in total. The van der Waals surface area contributed by atoms with Gasteiger partial charge in [-0.25, -0.2) is 4.98 Å². The summed E-state index contributed by atoms with van der Waals surface area (Å²) in [5.74, 6) is 1.00. The second-order valence-corrected chi connectivity index (χ2v) is 7.70. The maximum Gasteiger partial charge on any atom is 0.203 e. The molecule has 0 amide bonds. The average Bonchev–Trinajstić information content (AvgIpc) is 3.04. The molecule has 0 aliphatic carbocycles. The van der Waals surface area contributed by atoms with Gasteiger partial charge in [0.25, 0.3) is 0 Å². The fourth-order valence-corrected chi connectivity index (χ4v) is 3.87. The number of hydrogen-bond donors (Lipinski definition) is 0. The molecule has 0 aliphatic heterocycles. The molecule has 138 valence electrons. The summed E-state index contributed by atoms with van der Waals surface area (Å²) in [5.41, 5.74) is 10.1. The van der Waals surface area contributed by atoms with Crippen molar-refractivity contribution in [3.8, 4) is 0 Å². The van der Waals surface area contributed by atoms with Crippen LogP contribution in [0.1, 0.15) is 51.6 Å². The fourth-order valence-electron chi connectivity index (χ4n) is 3.87. The second-order valence-electron chi connectivity index (χ2n) is 7.70. The Bertz CT molecular complexity index is 875. The molecule has 1 aromatic heterocycles. The molecule has 0 saturated carbocycles. The molecule has 1 unspecified atom stereocenters. The van der Waals surface area contributed by atoms with Crippen LogP contribution in [-0.4, -0.2) is 30.5 Å². The van der Waals surface area contributed by atoms with Crippen LogP contribution in [0.25, 0.3) is 11.1 Å². The molecule has 0 spiro atoms. The van der Waals surface area contributed by atoms with Crippen molar-refractivity contribution >= 4 is 11.1 Å². The van der Waals surface area contributed by atoms with Crippen molar-refractivity contribution in [3.05, 3.63) is 63.5 Å². The van der Waals surface area contributed by atoms with E-state index < -0.39 is 0 Å². The number of rotatable bonds is 5. The Kier molecular flexibility index (Phi) is 5.19. The molecule has 3 rings (SSSR count). The summed E-state index contributed by atoms with van der Waals surface area (Å²) < 4.78 is 6.21. The molecule has 3 heteroatoms. The molecule has 0 N–H and O–H groups in total. The third kappa shape index (κ3) is 3.28. The molecule has 1 heterocycles. The number of para-hydroxylation sites is 2. The van der Waals surface area contributed by atoms with Crippen molar-refractivity contribution in [1.29, 1.82) is 0 Å². The number of nitrogens with zero attached hydrogens (tertiary/aromatic N) is 2. The van der Waals surface area contributed by atoms with E-state index >= 15 is 0 Å². The summed E-state index contributed by atoms with van der Waals surface area (Å²) >= 11 is 0. The monoisotopic (exact) mass is 350 g/mol. The first-order valence-electron chi connectivity index (χ1n) is 9.38. The molecule has 1 atom stereocenters. The van der Waals surface area contributed by atoms with Crippen molar-refractivity contribution < 1.29 is 4.42 Å². The topological polar surface area (TPSA) is 29.3 Å². The molecule has 0 aliphatic rings. The highest BCUT2D eigenvalue weighted by atomic mass is 16.3. The average molecular weight is 351 g/mol. The maximum atomic E-state index is 6.21. The van der Waals surface area contributed by atoms with Crippen molar-refractivity contribution in [2.45, 2.75) is 47.0 Å². The Morgan fingerprint density at radius 1 is 0.885 bits per heavy atom. The molecule has 3 aromatic rings. The van der Waals surface area contributed by atoms with E-state index in [4.69, 9.17) is 9.40 Å². The summed E-state index contributed by atoms with van der Waals surface area (Å²) in [7, 11) is 4.24. The second kappa shape index (κ2) is 7.24. The summed E-state index contributed by atoms with van der Waals surface area (Å²) in [6.45, 7) is 12.2. The van der Waals surface area contributed by atoms with Gasteiger partial charge in [-0.15, -0.1) is 0 Å². The van der Waals surface area contributed by atoms with Gasteiger partial charge in [0.05, 0.1) is 5.92 Å². The minimum atomic E-state index is 0.169. The van der Waals surface area contributed by atoms with Gasteiger partial charge in [-0.3, -0.25) is 0 Å². The van der Waals surface area contributed by atoms with Crippen LogP contribution in [0.2, 0.25) is 0 Å². The molecule has 0 bridgehead atoms. The lowest BCUT2D eigenvalue weighted by Gasteiger charge is -2.25. The number of hydrogen-bond acceptors (Lipinski definition) is 3. The fraction of sp³-hybridized carbons (Fsp3) is 0.435.